The SMILES string of the molecule is C=CCOC(=O)NC1CC2(C1)C[C@H]2C(=O)O. The molecule has 0 radical (unpaired) electrons. The maximum Gasteiger partial charge on any atom is 0.407 e. The van der Waals surface area contributed by atoms with Gasteiger partial charge < -0.3 is 15.2 Å². The van der Waals surface area contributed by atoms with Gasteiger partial charge in [0.1, 0.15) is 6.61 Å². The number of aliphatic carboxylic acids is 1. The van der Waals surface area contributed by atoms with Crippen LogP contribution in [-0.2, 0) is 9.53 Å². The molecule has 2 saturated carbocycles. The number of carboxylic acids is 1. The van der Waals surface area contributed by atoms with Crippen molar-refractivity contribution in [3.05, 3.63) is 12.7 Å². The molecule has 2 aliphatic rings. The minimum Gasteiger partial charge on any atom is -0.481 e. The average Bonchev–Trinajstić information content (AvgIpc) is 2.89. The second-order valence-electron chi connectivity index (χ2n) is 4.59. The molecule has 1 atom stereocenters. The van der Waals surface area contributed by atoms with Crippen molar-refractivity contribution in [3.63, 3.8) is 0 Å². The molecule has 88 valence electrons. The monoisotopic (exact) mass is 225 g/mol. The van der Waals surface area contributed by atoms with Crippen LogP contribution in [-0.4, -0.2) is 29.8 Å². The lowest BCUT2D eigenvalue weighted by atomic mass is 9.75. The van der Waals surface area contributed by atoms with Gasteiger partial charge in [-0.05, 0) is 24.7 Å². The van der Waals surface area contributed by atoms with Crippen LogP contribution in [0, 0.1) is 11.3 Å². The Morgan fingerprint density at radius 2 is 2.19 bits per heavy atom. The summed E-state index contributed by atoms with van der Waals surface area (Å²) in [6.45, 7) is 3.63. The van der Waals surface area contributed by atoms with E-state index in [0.29, 0.717) is 0 Å². The lowest BCUT2D eigenvalue weighted by molar-refractivity contribution is -0.140. The van der Waals surface area contributed by atoms with Crippen LogP contribution < -0.4 is 5.32 Å². The van der Waals surface area contributed by atoms with Crippen molar-refractivity contribution in [2.24, 2.45) is 11.3 Å². The fraction of sp³-hybridized carbons (Fsp3) is 0.636. The van der Waals surface area contributed by atoms with Crippen molar-refractivity contribution < 1.29 is 19.4 Å². The lowest BCUT2D eigenvalue weighted by Gasteiger charge is -2.36. The molecule has 2 N–H and O–H groups in total. The summed E-state index contributed by atoms with van der Waals surface area (Å²) in [5.41, 5.74) is -0.0256. The summed E-state index contributed by atoms with van der Waals surface area (Å²) >= 11 is 0. The first kappa shape index (κ1) is 11.0. The highest BCUT2D eigenvalue weighted by Gasteiger charge is 2.65. The van der Waals surface area contributed by atoms with Crippen molar-refractivity contribution in [1.82, 2.24) is 5.32 Å². The zero-order valence-corrected chi connectivity index (χ0v) is 8.94. The quantitative estimate of drug-likeness (QED) is 0.704. The third-order valence-corrected chi connectivity index (χ3v) is 3.45. The van der Waals surface area contributed by atoms with E-state index in [2.05, 4.69) is 11.9 Å². The molecule has 5 heteroatoms. The fourth-order valence-corrected chi connectivity index (χ4v) is 2.51. The zero-order valence-electron chi connectivity index (χ0n) is 8.94. The molecule has 0 aromatic carbocycles. The number of rotatable bonds is 4. The predicted octanol–water partition coefficient (Wildman–Crippen LogP) is 1.15. The Morgan fingerprint density at radius 1 is 1.50 bits per heavy atom. The number of hydrogen-bond acceptors (Lipinski definition) is 3. The summed E-state index contributed by atoms with van der Waals surface area (Å²) in [4.78, 5) is 21.9. The first-order valence-electron chi connectivity index (χ1n) is 5.34. The Morgan fingerprint density at radius 3 is 2.69 bits per heavy atom. The standard InChI is InChI=1S/C11H15NO4/c1-2-3-16-10(15)12-7-4-11(5-7)6-8(11)9(13)14/h2,7-8H,1,3-6H2,(H,12,15)(H,13,14)/t7?,8-,11?/m0/s1. The van der Waals surface area contributed by atoms with Gasteiger partial charge in [0, 0.05) is 6.04 Å². The minimum atomic E-state index is -0.715. The molecular weight excluding hydrogens is 210 g/mol. The van der Waals surface area contributed by atoms with E-state index in [4.69, 9.17) is 9.84 Å². The van der Waals surface area contributed by atoms with Crippen LogP contribution in [0.1, 0.15) is 19.3 Å². The van der Waals surface area contributed by atoms with Crippen LogP contribution in [0.15, 0.2) is 12.7 Å². The van der Waals surface area contributed by atoms with Crippen LogP contribution in [0.4, 0.5) is 4.79 Å². The summed E-state index contributed by atoms with van der Waals surface area (Å²) in [5.74, 6) is -0.914. The van der Waals surface area contributed by atoms with Gasteiger partial charge in [0.05, 0.1) is 5.92 Å². The van der Waals surface area contributed by atoms with E-state index in [1.54, 1.807) is 0 Å². The molecule has 1 amide bonds. The van der Waals surface area contributed by atoms with Crippen molar-refractivity contribution in [2.45, 2.75) is 25.3 Å². The van der Waals surface area contributed by atoms with Gasteiger partial charge in [-0.15, -0.1) is 0 Å². The number of ether oxygens (including phenoxy) is 1. The number of carbonyl (C=O) groups excluding carboxylic acids is 1. The Labute approximate surface area is 93.5 Å². The first-order valence-corrected chi connectivity index (χ1v) is 5.34. The maximum atomic E-state index is 11.2. The summed E-state index contributed by atoms with van der Waals surface area (Å²) in [6, 6.07) is 0.0710. The van der Waals surface area contributed by atoms with Gasteiger partial charge >= 0.3 is 12.1 Å². The highest BCUT2D eigenvalue weighted by Crippen LogP contribution is 2.65. The number of carbonyl (C=O) groups is 2. The second-order valence-corrected chi connectivity index (χ2v) is 4.59. The van der Waals surface area contributed by atoms with E-state index in [1.165, 1.54) is 6.08 Å². The molecule has 0 saturated heterocycles. The van der Waals surface area contributed by atoms with E-state index in [9.17, 15) is 9.59 Å². The van der Waals surface area contributed by atoms with Crippen LogP contribution in [0.2, 0.25) is 0 Å². The van der Waals surface area contributed by atoms with Gasteiger partial charge in [-0.25, -0.2) is 4.79 Å². The smallest absolute Gasteiger partial charge is 0.407 e. The fourth-order valence-electron chi connectivity index (χ4n) is 2.51. The third-order valence-electron chi connectivity index (χ3n) is 3.45. The van der Waals surface area contributed by atoms with Crippen molar-refractivity contribution in [3.8, 4) is 0 Å². The predicted molar refractivity (Wildman–Crippen MR) is 55.9 cm³/mol. The highest BCUT2D eigenvalue weighted by atomic mass is 16.5. The molecule has 2 rings (SSSR count). The van der Waals surface area contributed by atoms with Gasteiger partial charge in [-0.3, -0.25) is 4.79 Å². The van der Waals surface area contributed by atoms with Crippen LogP contribution >= 0.6 is 0 Å². The number of alkyl carbamates (subject to hydrolysis) is 1. The molecule has 0 bridgehead atoms. The molecule has 0 aromatic heterocycles. The molecule has 0 aromatic rings. The average molecular weight is 225 g/mol. The molecule has 0 aliphatic heterocycles. The first-order chi connectivity index (χ1) is 7.57. The molecule has 16 heavy (non-hydrogen) atoms. The second kappa shape index (κ2) is 3.81. The van der Waals surface area contributed by atoms with Crippen LogP contribution in [0.3, 0.4) is 0 Å². The van der Waals surface area contributed by atoms with E-state index in [0.717, 1.165) is 19.3 Å². The van der Waals surface area contributed by atoms with Gasteiger partial charge in [0.15, 0.2) is 0 Å². The molecule has 2 fully saturated rings. The number of carboxylic acid groups (broad SMARTS) is 1. The zero-order chi connectivity index (χ0) is 11.8. The molecule has 0 unspecified atom stereocenters. The van der Waals surface area contributed by atoms with Gasteiger partial charge in [-0.2, -0.15) is 0 Å². The molecule has 1 spiro atoms. The summed E-state index contributed by atoms with van der Waals surface area (Å²) in [7, 11) is 0. The topological polar surface area (TPSA) is 75.6 Å². The van der Waals surface area contributed by atoms with Crippen LogP contribution in [0.5, 0.6) is 0 Å². The Balaban J connectivity index is 1.68. The van der Waals surface area contributed by atoms with Crippen molar-refractivity contribution in [2.75, 3.05) is 6.61 Å². The lowest BCUT2D eigenvalue weighted by Crippen LogP contribution is -2.46. The molecule has 2 aliphatic carbocycles. The van der Waals surface area contributed by atoms with Crippen molar-refractivity contribution >= 4 is 12.1 Å². The number of amides is 1. The van der Waals surface area contributed by atoms with Gasteiger partial charge in [0.2, 0.25) is 0 Å². The van der Waals surface area contributed by atoms with E-state index < -0.39 is 12.1 Å². The summed E-state index contributed by atoms with van der Waals surface area (Å²) in [5, 5.41) is 11.5. The Hall–Kier alpha value is -1.52. The molecular formula is C11H15NO4. The largest absolute Gasteiger partial charge is 0.481 e. The van der Waals surface area contributed by atoms with Crippen molar-refractivity contribution in [1.29, 1.82) is 0 Å². The third kappa shape index (κ3) is 1.89. The molecule has 5 nitrogen and oxygen atoms in total. The normalized spacial score (nSPS) is 35.0. The number of nitrogens with one attached hydrogen (secondary N) is 1. The Kier molecular flexibility index (Phi) is 2.61. The highest BCUT2D eigenvalue weighted by molar-refractivity contribution is 5.75. The van der Waals surface area contributed by atoms with Crippen LogP contribution in [0.25, 0.3) is 0 Å². The van der Waals surface area contributed by atoms with E-state index in [-0.39, 0.29) is 24.0 Å². The van der Waals surface area contributed by atoms with Gasteiger partial charge in [-0.1, -0.05) is 12.7 Å². The maximum absolute atomic E-state index is 11.2. The number of hydrogen-bond donors (Lipinski definition) is 2. The summed E-state index contributed by atoms with van der Waals surface area (Å²) in [6.07, 6.45) is 3.32. The minimum absolute atomic E-state index is 0.0256. The van der Waals surface area contributed by atoms with E-state index in [1.807, 2.05) is 0 Å². The summed E-state index contributed by atoms with van der Waals surface area (Å²) < 4.78 is 4.78. The van der Waals surface area contributed by atoms with Gasteiger partial charge in [0.25, 0.3) is 0 Å². The Bertz CT molecular complexity index is 333. The molecule has 0 heterocycles. The van der Waals surface area contributed by atoms with E-state index >= 15 is 0 Å².